The van der Waals surface area contributed by atoms with E-state index in [1.54, 1.807) is 13.0 Å². The van der Waals surface area contributed by atoms with Crippen LogP contribution in [0.15, 0.2) is 45.8 Å². The van der Waals surface area contributed by atoms with Crippen molar-refractivity contribution < 1.29 is 22.3 Å². The number of carbonyl (C=O) groups excluding carboxylic acids is 1. The highest BCUT2D eigenvalue weighted by atomic mass is 79.9. The Labute approximate surface area is 142 Å². The van der Waals surface area contributed by atoms with Gasteiger partial charge >= 0.3 is 5.97 Å². The van der Waals surface area contributed by atoms with E-state index in [9.17, 15) is 17.6 Å². The van der Waals surface area contributed by atoms with Gasteiger partial charge in [-0.05, 0) is 36.8 Å². The Morgan fingerprint density at radius 1 is 1.22 bits per heavy atom. The predicted molar refractivity (Wildman–Crippen MR) is 87.5 cm³/mol. The van der Waals surface area contributed by atoms with Gasteiger partial charge in [0.2, 0.25) is 0 Å². The van der Waals surface area contributed by atoms with Gasteiger partial charge in [0.05, 0.1) is 10.5 Å². The molecule has 2 aromatic rings. The van der Waals surface area contributed by atoms with Gasteiger partial charge in [-0.2, -0.15) is 0 Å². The molecule has 0 aliphatic rings. The molecule has 0 saturated heterocycles. The van der Waals surface area contributed by atoms with Crippen molar-refractivity contribution in [1.82, 2.24) is 0 Å². The summed E-state index contributed by atoms with van der Waals surface area (Å²) in [4.78, 5) is 12.2. The summed E-state index contributed by atoms with van der Waals surface area (Å²) in [6.45, 7) is 1.43. The summed E-state index contributed by atoms with van der Waals surface area (Å²) in [5.74, 6) is -1.19. The van der Waals surface area contributed by atoms with E-state index in [1.807, 2.05) is 0 Å². The second-order valence-corrected chi connectivity index (χ2v) is 7.99. The van der Waals surface area contributed by atoms with Gasteiger partial charge in [-0.15, -0.1) is 0 Å². The topological polar surface area (TPSA) is 60.4 Å². The highest BCUT2D eigenvalue weighted by Gasteiger charge is 2.16. The molecule has 2 aromatic carbocycles. The van der Waals surface area contributed by atoms with E-state index in [2.05, 4.69) is 15.9 Å². The first-order valence-corrected chi connectivity index (χ1v) is 9.28. The van der Waals surface area contributed by atoms with Crippen molar-refractivity contribution in [3.8, 4) is 0 Å². The number of ether oxygens (including phenoxy) is 1. The van der Waals surface area contributed by atoms with Gasteiger partial charge in [-0.3, -0.25) is 0 Å². The smallest absolute Gasteiger partial charge is 0.338 e. The van der Waals surface area contributed by atoms with Crippen molar-refractivity contribution in [2.45, 2.75) is 18.4 Å². The normalized spacial score (nSPS) is 11.3. The lowest BCUT2D eigenvalue weighted by Crippen LogP contribution is -2.09. The molecule has 0 radical (unpaired) electrons. The molecule has 0 spiro atoms. The Hall–Kier alpha value is -1.73. The number of hydrogen-bond acceptors (Lipinski definition) is 4. The van der Waals surface area contributed by atoms with Gasteiger partial charge in [-0.1, -0.05) is 28.1 Å². The van der Waals surface area contributed by atoms with E-state index in [-0.39, 0.29) is 22.6 Å². The van der Waals surface area contributed by atoms with E-state index < -0.39 is 21.6 Å². The second kappa shape index (κ2) is 6.80. The fourth-order valence-corrected chi connectivity index (χ4v) is 2.89. The van der Waals surface area contributed by atoms with Crippen molar-refractivity contribution in [3.05, 3.63) is 63.4 Å². The fourth-order valence-electron chi connectivity index (χ4n) is 1.91. The van der Waals surface area contributed by atoms with E-state index in [0.717, 1.165) is 6.26 Å². The molecule has 0 aliphatic carbocycles. The average Bonchev–Trinajstić information content (AvgIpc) is 2.45. The van der Waals surface area contributed by atoms with Crippen LogP contribution in [0.2, 0.25) is 0 Å². The Morgan fingerprint density at radius 2 is 1.91 bits per heavy atom. The molecule has 0 N–H and O–H groups in total. The maximum atomic E-state index is 13.7. The number of benzene rings is 2. The lowest BCUT2D eigenvalue weighted by Gasteiger charge is -2.09. The first-order chi connectivity index (χ1) is 10.7. The Balaban J connectivity index is 2.21. The lowest BCUT2D eigenvalue weighted by molar-refractivity contribution is 0.0468. The van der Waals surface area contributed by atoms with Crippen LogP contribution in [0.1, 0.15) is 21.5 Å². The summed E-state index contributed by atoms with van der Waals surface area (Å²) in [6, 6.07) is 8.65. The fraction of sp³-hybridized carbons (Fsp3) is 0.188. The molecule has 23 heavy (non-hydrogen) atoms. The van der Waals surface area contributed by atoms with Crippen LogP contribution in [0.3, 0.4) is 0 Å². The Bertz CT molecular complexity index is 862. The quantitative estimate of drug-likeness (QED) is 0.734. The highest BCUT2D eigenvalue weighted by molar-refractivity contribution is 9.10. The van der Waals surface area contributed by atoms with Gasteiger partial charge in [0.1, 0.15) is 12.4 Å². The third-order valence-electron chi connectivity index (χ3n) is 3.23. The number of carbonyl (C=O) groups is 1. The molecule has 0 unspecified atom stereocenters. The highest BCUT2D eigenvalue weighted by Crippen LogP contribution is 2.19. The van der Waals surface area contributed by atoms with Gasteiger partial charge in [0.25, 0.3) is 0 Å². The maximum Gasteiger partial charge on any atom is 0.338 e. The van der Waals surface area contributed by atoms with Crippen molar-refractivity contribution in [1.29, 1.82) is 0 Å². The van der Waals surface area contributed by atoms with E-state index in [4.69, 9.17) is 4.74 Å². The van der Waals surface area contributed by atoms with E-state index >= 15 is 0 Å². The average molecular weight is 401 g/mol. The molecule has 0 amide bonds. The zero-order valence-electron chi connectivity index (χ0n) is 12.5. The minimum atomic E-state index is -3.43. The number of hydrogen-bond donors (Lipinski definition) is 0. The number of sulfone groups is 1. The van der Waals surface area contributed by atoms with E-state index in [0.29, 0.717) is 10.0 Å². The molecule has 0 atom stereocenters. The molecule has 7 heteroatoms. The van der Waals surface area contributed by atoms with Crippen LogP contribution >= 0.6 is 15.9 Å². The molecular formula is C16H14BrFO4S. The SMILES string of the molecule is Cc1ccc(S(C)(=O)=O)cc1C(=O)OCc1ccc(Br)cc1F. The van der Waals surface area contributed by atoms with Crippen LogP contribution in [-0.4, -0.2) is 20.6 Å². The second-order valence-electron chi connectivity index (χ2n) is 5.06. The van der Waals surface area contributed by atoms with Gasteiger partial charge in [0.15, 0.2) is 9.84 Å². The van der Waals surface area contributed by atoms with Gasteiger partial charge < -0.3 is 4.74 Å². The molecule has 4 nitrogen and oxygen atoms in total. The summed E-state index contributed by atoms with van der Waals surface area (Å²) in [7, 11) is -3.43. The molecule has 0 aliphatic heterocycles. The number of aryl methyl sites for hydroxylation is 1. The van der Waals surface area contributed by atoms with Crippen LogP contribution in [0.5, 0.6) is 0 Å². The van der Waals surface area contributed by atoms with Crippen LogP contribution < -0.4 is 0 Å². The summed E-state index contributed by atoms with van der Waals surface area (Å²) < 4.78 is 42.5. The molecule has 0 saturated carbocycles. The minimum absolute atomic E-state index is 0.0323. The first-order valence-electron chi connectivity index (χ1n) is 6.60. The molecule has 0 aromatic heterocycles. The zero-order chi connectivity index (χ0) is 17.2. The Kier molecular flexibility index (Phi) is 5.21. The minimum Gasteiger partial charge on any atom is -0.457 e. The van der Waals surface area contributed by atoms with Crippen LogP contribution in [0, 0.1) is 12.7 Å². The molecule has 0 fully saturated rings. The predicted octanol–water partition coefficient (Wildman–Crippen LogP) is 3.66. The van der Waals surface area contributed by atoms with Crippen LogP contribution in [0.4, 0.5) is 4.39 Å². The van der Waals surface area contributed by atoms with E-state index in [1.165, 1.54) is 30.3 Å². The molecule has 2 rings (SSSR count). The van der Waals surface area contributed by atoms with Crippen molar-refractivity contribution in [2.24, 2.45) is 0 Å². The van der Waals surface area contributed by atoms with Crippen LogP contribution in [-0.2, 0) is 21.2 Å². The van der Waals surface area contributed by atoms with Crippen molar-refractivity contribution in [2.75, 3.05) is 6.26 Å². The molecular weight excluding hydrogens is 387 g/mol. The van der Waals surface area contributed by atoms with Gasteiger partial charge in [0, 0.05) is 16.3 Å². The van der Waals surface area contributed by atoms with Gasteiger partial charge in [-0.25, -0.2) is 17.6 Å². The monoisotopic (exact) mass is 400 g/mol. The molecule has 0 heterocycles. The summed E-state index contributed by atoms with van der Waals surface area (Å²) in [6.07, 6.45) is 1.06. The first kappa shape index (κ1) is 17.6. The largest absolute Gasteiger partial charge is 0.457 e. The standard InChI is InChI=1S/C16H14BrFO4S/c1-10-3-6-13(23(2,20)21)8-14(10)16(19)22-9-11-4-5-12(17)7-15(11)18/h3-8H,9H2,1-2H3. The summed E-state index contributed by atoms with van der Waals surface area (Å²) >= 11 is 3.14. The third-order valence-corrected chi connectivity index (χ3v) is 4.83. The maximum absolute atomic E-state index is 13.7. The lowest BCUT2D eigenvalue weighted by atomic mass is 10.1. The van der Waals surface area contributed by atoms with Crippen molar-refractivity contribution >= 4 is 31.7 Å². The number of esters is 1. The third kappa shape index (κ3) is 4.39. The zero-order valence-corrected chi connectivity index (χ0v) is 14.9. The summed E-state index contributed by atoms with van der Waals surface area (Å²) in [5.41, 5.74) is 0.961. The number of rotatable bonds is 4. The molecule has 0 bridgehead atoms. The van der Waals surface area contributed by atoms with Crippen molar-refractivity contribution in [3.63, 3.8) is 0 Å². The number of halogens is 2. The molecule has 122 valence electrons. The summed E-state index contributed by atoms with van der Waals surface area (Å²) in [5, 5.41) is 0. The Morgan fingerprint density at radius 3 is 2.52 bits per heavy atom. The van der Waals surface area contributed by atoms with Crippen LogP contribution in [0.25, 0.3) is 0 Å².